The second-order valence-electron chi connectivity index (χ2n) is 5.85. The standard InChI is InChI=1S/C17H24N2O3/c1-13(8-10-20)19(12-14-5-3-2-4-6-14)17(22)15-7-9-18-16(21)11-15/h2-6,13,15,20H,7-12H2,1H3,(H,18,21). The first-order valence-electron chi connectivity index (χ1n) is 7.83. The smallest absolute Gasteiger partial charge is 0.226 e. The molecule has 2 amide bonds. The molecule has 1 aromatic rings. The summed E-state index contributed by atoms with van der Waals surface area (Å²) in [7, 11) is 0. The van der Waals surface area contributed by atoms with Gasteiger partial charge in [-0.15, -0.1) is 0 Å². The Morgan fingerprint density at radius 1 is 1.41 bits per heavy atom. The Morgan fingerprint density at radius 3 is 2.77 bits per heavy atom. The number of piperidine rings is 1. The van der Waals surface area contributed by atoms with Crippen molar-refractivity contribution in [1.29, 1.82) is 0 Å². The van der Waals surface area contributed by atoms with Gasteiger partial charge in [0, 0.05) is 38.1 Å². The third-order valence-electron chi connectivity index (χ3n) is 4.15. The van der Waals surface area contributed by atoms with Crippen LogP contribution in [0.1, 0.15) is 31.7 Å². The van der Waals surface area contributed by atoms with Crippen molar-refractivity contribution in [3.63, 3.8) is 0 Å². The van der Waals surface area contributed by atoms with Crippen LogP contribution in [0.3, 0.4) is 0 Å². The van der Waals surface area contributed by atoms with Crippen LogP contribution in [0.4, 0.5) is 0 Å². The molecule has 1 fully saturated rings. The average Bonchev–Trinajstić information content (AvgIpc) is 2.53. The van der Waals surface area contributed by atoms with Crippen molar-refractivity contribution in [3.8, 4) is 0 Å². The molecule has 0 bridgehead atoms. The van der Waals surface area contributed by atoms with E-state index in [0.29, 0.717) is 25.9 Å². The number of nitrogens with one attached hydrogen (secondary N) is 1. The van der Waals surface area contributed by atoms with Crippen molar-refractivity contribution in [2.75, 3.05) is 13.2 Å². The molecule has 2 N–H and O–H groups in total. The van der Waals surface area contributed by atoms with E-state index in [0.717, 1.165) is 5.56 Å². The Morgan fingerprint density at radius 2 is 2.14 bits per heavy atom. The molecule has 2 unspecified atom stereocenters. The summed E-state index contributed by atoms with van der Waals surface area (Å²) in [6, 6.07) is 9.76. The lowest BCUT2D eigenvalue weighted by atomic mass is 9.94. The van der Waals surface area contributed by atoms with Gasteiger partial charge in [-0.25, -0.2) is 0 Å². The van der Waals surface area contributed by atoms with Gasteiger partial charge in [0.1, 0.15) is 0 Å². The molecule has 1 aliphatic heterocycles. The topological polar surface area (TPSA) is 69.6 Å². The van der Waals surface area contributed by atoms with E-state index in [-0.39, 0.29) is 36.8 Å². The van der Waals surface area contributed by atoms with E-state index in [1.165, 1.54) is 0 Å². The fourth-order valence-corrected chi connectivity index (χ4v) is 2.80. The Hall–Kier alpha value is -1.88. The molecule has 1 saturated heterocycles. The summed E-state index contributed by atoms with van der Waals surface area (Å²) in [4.78, 5) is 26.2. The number of carbonyl (C=O) groups is 2. The van der Waals surface area contributed by atoms with Crippen molar-refractivity contribution in [1.82, 2.24) is 10.2 Å². The average molecular weight is 304 g/mol. The Bertz CT molecular complexity index is 504. The maximum atomic E-state index is 12.8. The molecule has 5 heteroatoms. The molecule has 0 saturated carbocycles. The lowest BCUT2D eigenvalue weighted by Gasteiger charge is -2.33. The molecule has 0 aromatic heterocycles. The largest absolute Gasteiger partial charge is 0.396 e. The highest BCUT2D eigenvalue weighted by Crippen LogP contribution is 2.20. The predicted molar refractivity (Wildman–Crippen MR) is 83.9 cm³/mol. The van der Waals surface area contributed by atoms with E-state index in [9.17, 15) is 14.7 Å². The molecule has 2 atom stereocenters. The second kappa shape index (κ2) is 7.94. The first kappa shape index (κ1) is 16.5. The number of nitrogens with zero attached hydrogens (tertiary/aromatic N) is 1. The number of aliphatic hydroxyl groups excluding tert-OH is 1. The summed E-state index contributed by atoms with van der Waals surface area (Å²) >= 11 is 0. The molecular formula is C17H24N2O3. The molecular weight excluding hydrogens is 280 g/mol. The quantitative estimate of drug-likeness (QED) is 0.832. The third kappa shape index (κ3) is 4.31. The Kier molecular flexibility index (Phi) is 5.95. The van der Waals surface area contributed by atoms with Gasteiger partial charge in [0.25, 0.3) is 0 Å². The minimum atomic E-state index is -0.251. The molecule has 120 valence electrons. The van der Waals surface area contributed by atoms with Crippen LogP contribution in [0.5, 0.6) is 0 Å². The predicted octanol–water partition coefficient (Wildman–Crippen LogP) is 1.31. The van der Waals surface area contributed by atoms with Crippen molar-refractivity contribution < 1.29 is 14.7 Å². The van der Waals surface area contributed by atoms with E-state index in [2.05, 4.69) is 5.32 Å². The zero-order chi connectivity index (χ0) is 15.9. The molecule has 1 heterocycles. The highest BCUT2D eigenvalue weighted by atomic mass is 16.3. The highest BCUT2D eigenvalue weighted by Gasteiger charge is 2.31. The summed E-state index contributed by atoms with van der Waals surface area (Å²) in [5.41, 5.74) is 1.06. The van der Waals surface area contributed by atoms with Crippen LogP contribution in [0.25, 0.3) is 0 Å². The zero-order valence-corrected chi connectivity index (χ0v) is 13.0. The summed E-state index contributed by atoms with van der Waals surface area (Å²) in [5.74, 6) is -0.294. The molecule has 22 heavy (non-hydrogen) atoms. The summed E-state index contributed by atoms with van der Waals surface area (Å²) in [6.07, 6.45) is 1.48. The van der Waals surface area contributed by atoms with Gasteiger partial charge in [-0.05, 0) is 25.3 Å². The molecule has 1 aliphatic rings. The first-order chi connectivity index (χ1) is 10.6. The lowest BCUT2D eigenvalue weighted by molar-refractivity contribution is -0.142. The van der Waals surface area contributed by atoms with Crippen molar-refractivity contribution in [2.24, 2.45) is 5.92 Å². The number of hydrogen-bond acceptors (Lipinski definition) is 3. The number of carbonyl (C=O) groups excluding carboxylic acids is 2. The van der Waals surface area contributed by atoms with Gasteiger partial charge >= 0.3 is 0 Å². The van der Waals surface area contributed by atoms with E-state index >= 15 is 0 Å². The number of benzene rings is 1. The second-order valence-corrected chi connectivity index (χ2v) is 5.85. The Labute approximate surface area is 131 Å². The van der Waals surface area contributed by atoms with Gasteiger partial charge in [-0.3, -0.25) is 9.59 Å². The van der Waals surface area contributed by atoms with Crippen LogP contribution >= 0.6 is 0 Å². The lowest BCUT2D eigenvalue weighted by Crippen LogP contribution is -2.46. The maximum Gasteiger partial charge on any atom is 0.226 e. The maximum absolute atomic E-state index is 12.8. The fourth-order valence-electron chi connectivity index (χ4n) is 2.80. The normalized spacial score (nSPS) is 19.4. The minimum Gasteiger partial charge on any atom is -0.396 e. The van der Waals surface area contributed by atoms with Crippen molar-refractivity contribution >= 4 is 11.8 Å². The molecule has 1 aromatic carbocycles. The SMILES string of the molecule is CC(CCO)N(Cc1ccccc1)C(=O)C1CCNC(=O)C1. The van der Waals surface area contributed by atoms with Gasteiger partial charge in [0.05, 0.1) is 0 Å². The molecule has 0 aliphatic carbocycles. The molecule has 0 radical (unpaired) electrons. The number of amides is 2. The van der Waals surface area contributed by atoms with Crippen molar-refractivity contribution in [3.05, 3.63) is 35.9 Å². The molecule has 0 spiro atoms. The molecule has 2 rings (SSSR count). The van der Waals surface area contributed by atoms with Crippen LogP contribution < -0.4 is 5.32 Å². The number of hydrogen-bond donors (Lipinski definition) is 2. The monoisotopic (exact) mass is 304 g/mol. The van der Waals surface area contributed by atoms with Crippen LogP contribution in [0.15, 0.2) is 30.3 Å². The third-order valence-corrected chi connectivity index (χ3v) is 4.15. The van der Waals surface area contributed by atoms with E-state index in [4.69, 9.17) is 0 Å². The summed E-state index contributed by atoms with van der Waals surface area (Å²) < 4.78 is 0. The van der Waals surface area contributed by atoms with Crippen molar-refractivity contribution in [2.45, 2.75) is 38.8 Å². The molecule has 5 nitrogen and oxygen atoms in total. The van der Waals surface area contributed by atoms with Gasteiger partial charge in [0.15, 0.2) is 0 Å². The van der Waals surface area contributed by atoms with Gasteiger partial charge in [-0.1, -0.05) is 30.3 Å². The summed E-state index contributed by atoms with van der Waals surface area (Å²) in [5, 5.41) is 11.9. The minimum absolute atomic E-state index is 0.0136. The number of aliphatic hydroxyl groups is 1. The van der Waals surface area contributed by atoms with Crippen LogP contribution in [-0.2, 0) is 16.1 Å². The highest BCUT2D eigenvalue weighted by molar-refractivity contribution is 5.87. The van der Waals surface area contributed by atoms with Gasteiger partial charge in [-0.2, -0.15) is 0 Å². The number of rotatable bonds is 6. The summed E-state index contributed by atoms with van der Waals surface area (Å²) in [6.45, 7) is 3.06. The van der Waals surface area contributed by atoms with Crippen LogP contribution in [-0.4, -0.2) is 41.0 Å². The Balaban J connectivity index is 2.12. The fraction of sp³-hybridized carbons (Fsp3) is 0.529. The zero-order valence-electron chi connectivity index (χ0n) is 13.0. The van der Waals surface area contributed by atoms with E-state index < -0.39 is 0 Å². The first-order valence-corrected chi connectivity index (χ1v) is 7.83. The van der Waals surface area contributed by atoms with E-state index in [1.807, 2.05) is 37.3 Å². The van der Waals surface area contributed by atoms with Crippen LogP contribution in [0, 0.1) is 5.92 Å². The van der Waals surface area contributed by atoms with Crippen LogP contribution in [0.2, 0.25) is 0 Å². The van der Waals surface area contributed by atoms with E-state index in [1.54, 1.807) is 4.90 Å². The van der Waals surface area contributed by atoms with Gasteiger partial charge < -0.3 is 15.3 Å². The van der Waals surface area contributed by atoms with Gasteiger partial charge in [0.2, 0.25) is 11.8 Å².